The number of amides is 1. The molecule has 1 aliphatic heterocycles. The summed E-state index contributed by atoms with van der Waals surface area (Å²) < 4.78 is 25.2. The monoisotopic (exact) mass is 325 g/mol. The first-order valence-electron chi connectivity index (χ1n) is 7.64. The Balaban J connectivity index is 1.98. The van der Waals surface area contributed by atoms with E-state index in [1.165, 1.54) is 4.31 Å². The van der Waals surface area contributed by atoms with Crippen LogP contribution in [0, 0.1) is 0 Å². The van der Waals surface area contributed by atoms with Crippen LogP contribution in [0.3, 0.4) is 0 Å². The molecule has 1 amide bonds. The minimum absolute atomic E-state index is 0.173. The SMILES string of the molecule is CCCNCCNC(=O)c1cccc(N2CCCS2(=O)=O)c1. The minimum Gasteiger partial charge on any atom is -0.351 e. The van der Waals surface area contributed by atoms with Gasteiger partial charge in [0.15, 0.2) is 0 Å². The van der Waals surface area contributed by atoms with Crippen LogP contribution in [-0.4, -0.2) is 46.3 Å². The van der Waals surface area contributed by atoms with Crippen molar-refractivity contribution in [1.82, 2.24) is 10.6 Å². The number of hydrogen-bond donors (Lipinski definition) is 2. The maximum atomic E-state index is 12.1. The van der Waals surface area contributed by atoms with Crippen molar-refractivity contribution >= 4 is 21.6 Å². The summed E-state index contributed by atoms with van der Waals surface area (Å²) in [6.45, 7) is 4.76. The van der Waals surface area contributed by atoms with Crippen LogP contribution in [0.4, 0.5) is 5.69 Å². The van der Waals surface area contributed by atoms with Gasteiger partial charge in [-0.15, -0.1) is 0 Å². The summed E-state index contributed by atoms with van der Waals surface area (Å²) in [7, 11) is -3.22. The molecule has 2 rings (SSSR count). The Morgan fingerprint density at radius 3 is 2.77 bits per heavy atom. The number of carbonyl (C=O) groups excluding carboxylic acids is 1. The van der Waals surface area contributed by atoms with Crippen LogP contribution in [-0.2, 0) is 10.0 Å². The lowest BCUT2D eigenvalue weighted by Crippen LogP contribution is -2.32. The summed E-state index contributed by atoms with van der Waals surface area (Å²) >= 11 is 0. The van der Waals surface area contributed by atoms with Gasteiger partial charge < -0.3 is 10.6 Å². The molecule has 1 saturated heterocycles. The van der Waals surface area contributed by atoms with E-state index in [-0.39, 0.29) is 11.7 Å². The molecule has 0 atom stereocenters. The van der Waals surface area contributed by atoms with E-state index in [1.54, 1.807) is 24.3 Å². The summed E-state index contributed by atoms with van der Waals surface area (Å²) in [6.07, 6.45) is 1.68. The molecule has 1 heterocycles. The molecule has 0 spiro atoms. The van der Waals surface area contributed by atoms with Crippen molar-refractivity contribution in [2.24, 2.45) is 0 Å². The molecule has 0 unspecified atom stereocenters. The van der Waals surface area contributed by atoms with Crippen molar-refractivity contribution in [3.8, 4) is 0 Å². The number of nitrogens with one attached hydrogen (secondary N) is 2. The lowest BCUT2D eigenvalue weighted by Gasteiger charge is -2.17. The highest BCUT2D eigenvalue weighted by atomic mass is 32.2. The van der Waals surface area contributed by atoms with Gasteiger partial charge in [0.1, 0.15) is 0 Å². The molecule has 0 radical (unpaired) electrons. The quantitative estimate of drug-likeness (QED) is 0.732. The smallest absolute Gasteiger partial charge is 0.251 e. The van der Waals surface area contributed by atoms with Gasteiger partial charge in [0, 0.05) is 25.2 Å². The molecule has 7 heteroatoms. The van der Waals surface area contributed by atoms with Gasteiger partial charge in [0.25, 0.3) is 5.91 Å². The summed E-state index contributed by atoms with van der Waals surface area (Å²) in [4.78, 5) is 12.1. The Hall–Kier alpha value is -1.60. The molecule has 1 aliphatic rings. The molecular weight excluding hydrogens is 302 g/mol. The average molecular weight is 325 g/mol. The predicted octanol–water partition coefficient (Wildman–Crippen LogP) is 0.956. The number of rotatable bonds is 7. The molecule has 22 heavy (non-hydrogen) atoms. The maximum Gasteiger partial charge on any atom is 0.251 e. The Labute approximate surface area is 131 Å². The third-order valence-corrected chi connectivity index (χ3v) is 5.38. The van der Waals surface area contributed by atoms with Gasteiger partial charge in [-0.2, -0.15) is 0 Å². The second-order valence-electron chi connectivity index (χ2n) is 5.30. The molecule has 0 saturated carbocycles. The fourth-order valence-electron chi connectivity index (χ4n) is 2.40. The van der Waals surface area contributed by atoms with E-state index in [1.807, 2.05) is 0 Å². The summed E-state index contributed by atoms with van der Waals surface area (Å²) in [5, 5.41) is 6.03. The van der Waals surface area contributed by atoms with Gasteiger partial charge in [0.05, 0.1) is 11.4 Å². The molecule has 6 nitrogen and oxygen atoms in total. The molecular formula is C15H23N3O3S. The number of benzene rings is 1. The molecule has 0 aromatic heterocycles. The molecule has 1 aromatic rings. The van der Waals surface area contributed by atoms with E-state index in [9.17, 15) is 13.2 Å². The van der Waals surface area contributed by atoms with Crippen molar-refractivity contribution in [3.63, 3.8) is 0 Å². The third-order valence-electron chi connectivity index (χ3n) is 3.51. The van der Waals surface area contributed by atoms with Crippen LogP contribution in [0.25, 0.3) is 0 Å². The second-order valence-corrected chi connectivity index (χ2v) is 7.31. The second kappa shape index (κ2) is 7.60. The minimum atomic E-state index is -3.22. The first-order valence-corrected chi connectivity index (χ1v) is 9.25. The van der Waals surface area contributed by atoms with Crippen LogP contribution in [0.5, 0.6) is 0 Å². The zero-order chi connectivity index (χ0) is 16.0. The topological polar surface area (TPSA) is 78.5 Å². The average Bonchev–Trinajstić information content (AvgIpc) is 2.86. The number of anilines is 1. The number of hydrogen-bond acceptors (Lipinski definition) is 4. The van der Waals surface area contributed by atoms with Gasteiger partial charge in [-0.05, 0) is 37.6 Å². The van der Waals surface area contributed by atoms with Gasteiger partial charge in [-0.1, -0.05) is 13.0 Å². The fraction of sp³-hybridized carbons (Fsp3) is 0.533. The van der Waals surface area contributed by atoms with Crippen LogP contribution in [0.2, 0.25) is 0 Å². The standard InChI is InChI=1S/C15H23N3O3S/c1-2-7-16-8-9-17-15(19)13-5-3-6-14(12-13)18-10-4-11-22(18,20)21/h3,5-6,12,16H,2,4,7-11H2,1H3,(H,17,19). The zero-order valence-electron chi connectivity index (χ0n) is 12.8. The highest BCUT2D eigenvalue weighted by molar-refractivity contribution is 7.93. The Morgan fingerprint density at radius 2 is 2.09 bits per heavy atom. The predicted molar refractivity (Wildman–Crippen MR) is 87.7 cm³/mol. The molecule has 1 aromatic carbocycles. The maximum absolute atomic E-state index is 12.1. The Bertz CT molecular complexity index is 616. The van der Waals surface area contributed by atoms with Crippen LogP contribution in [0.1, 0.15) is 30.1 Å². The zero-order valence-corrected chi connectivity index (χ0v) is 13.7. The largest absolute Gasteiger partial charge is 0.351 e. The molecule has 2 N–H and O–H groups in total. The summed E-state index contributed by atoms with van der Waals surface area (Å²) in [5.74, 6) is -0.0104. The highest BCUT2D eigenvalue weighted by Gasteiger charge is 2.28. The van der Waals surface area contributed by atoms with Gasteiger partial charge >= 0.3 is 0 Å². The van der Waals surface area contributed by atoms with Gasteiger partial charge in [-0.3, -0.25) is 9.10 Å². The van der Waals surface area contributed by atoms with Gasteiger partial charge in [0.2, 0.25) is 10.0 Å². The highest BCUT2D eigenvalue weighted by Crippen LogP contribution is 2.24. The normalized spacial score (nSPS) is 16.7. The van der Waals surface area contributed by atoms with E-state index < -0.39 is 10.0 Å². The van der Waals surface area contributed by atoms with E-state index in [4.69, 9.17) is 0 Å². The van der Waals surface area contributed by atoms with Crippen molar-refractivity contribution in [1.29, 1.82) is 0 Å². The van der Waals surface area contributed by atoms with E-state index in [0.717, 1.165) is 19.5 Å². The van der Waals surface area contributed by atoms with E-state index in [2.05, 4.69) is 17.6 Å². The van der Waals surface area contributed by atoms with Crippen molar-refractivity contribution in [2.75, 3.05) is 36.2 Å². The van der Waals surface area contributed by atoms with Crippen LogP contribution < -0.4 is 14.9 Å². The number of sulfonamides is 1. The molecule has 0 aliphatic carbocycles. The lowest BCUT2D eigenvalue weighted by molar-refractivity contribution is 0.0954. The first-order chi connectivity index (χ1) is 10.5. The number of nitrogens with zero attached hydrogens (tertiary/aromatic N) is 1. The molecule has 122 valence electrons. The van der Waals surface area contributed by atoms with Gasteiger partial charge in [-0.25, -0.2) is 8.42 Å². The molecule has 1 fully saturated rings. The van der Waals surface area contributed by atoms with Crippen molar-refractivity contribution < 1.29 is 13.2 Å². The van der Waals surface area contributed by atoms with Crippen molar-refractivity contribution in [3.05, 3.63) is 29.8 Å². The van der Waals surface area contributed by atoms with Crippen LogP contribution in [0.15, 0.2) is 24.3 Å². The first kappa shape index (κ1) is 16.8. The lowest BCUT2D eigenvalue weighted by atomic mass is 10.2. The van der Waals surface area contributed by atoms with Crippen LogP contribution >= 0.6 is 0 Å². The third kappa shape index (κ3) is 4.20. The Morgan fingerprint density at radius 1 is 1.27 bits per heavy atom. The van der Waals surface area contributed by atoms with E-state index in [0.29, 0.717) is 30.8 Å². The summed E-state index contributed by atoms with van der Waals surface area (Å²) in [5.41, 5.74) is 1.05. The number of carbonyl (C=O) groups is 1. The summed E-state index contributed by atoms with van der Waals surface area (Å²) in [6, 6.07) is 6.77. The van der Waals surface area contributed by atoms with E-state index >= 15 is 0 Å². The Kier molecular flexibility index (Phi) is 5.79. The molecule has 0 bridgehead atoms. The van der Waals surface area contributed by atoms with Crippen molar-refractivity contribution in [2.45, 2.75) is 19.8 Å². The fourth-order valence-corrected chi connectivity index (χ4v) is 3.96.